The van der Waals surface area contributed by atoms with E-state index in [1.165, 1.54) is 0 Å². The first-order valence-electron chi connectivity index (χ1n) is 5.02. The minimum absolute atomic E-state index is 0.0982. The predicted molar refractivity (Wildman–Crippen MR) is 66.8 cm³/mol. The van der Waals surface area contributed by atoms with Crippen molar-refractivity contribution >= 4 is 34.7 Å². The number of halogens is 2. The van der Waals surface area contributed by atoms with E-state index in [1.54, 1.807) is 19.2 Å². The van der Waals surface area contributed by atoms with E-state index < -0.39 is 0 Å². The summed E-state index contributed by atoms with van der Waals surface area (Å²) in [5.41, 5.74) is 3.08. The molecular weight excluding hydrogens is 245 g/mol. The molecule has 0 spiro atoms. The fourth-order valence-corrected chi connectivity index (χ4v) is 2.51. The highest BCUT2D eigenvalue weighted by Gasteiger charge is 2.20. The van der Waals surface area contributed by atoms with Crippen LogP contribution in [0.25, 0.3) is 5.57 Å². The molecule has 0 aromatic heterocycles. The van der Waals surface area contributed by atoms with E-state index >= 15 is 0 Å². The zero-order chi connectivity index (χ0) is 11.7. The second-order valence-corrected chi connectivity index (χ2v) is 4.54. The maximum Gasteiger partial charge on any atom is 0.244 e. The predicted octanol–water partition coefficient (Wildman–Crippen LogP) is 3.07. The molecule has 1 aliphatic rings. The van der Waals surface area contributed by atoms with Crippen LogP contribution in [-0.2, 0) is 11.2 Å². The van der Waals surface area contributed by atoms with Crippen molar-refractivity contribution in [3.05, 3.63) is 39.4 Å². The largest absolute Gasteiger partial charge is 0.356 e. The molecule has 0 unspecified atom stereocenters. The minimum atomic E-state index is -0.0982. The second-order valence-electron chi connectivity index (χ2n) is 3.70. The van der Waals surface area contributed by atoms with E-state index in [2.05, 4.69) is 5.32 Å². The van der Waals surface area contributed by atoms with E-state index in [1.807, 2.05) is 6.07 Å². The van der Waals surface area contributed by atoms with Gasteiger partial charge in [0.1, 0.15) is 0 Å². The molecule has 84 valence electrons. The first-order chi connectivity index (χ1) is 7.61. The topological polar surface area (TPSA) is 29.1 Å². The SMILES string of the molecule is CNC(=O)C=C1CCc2c(Cl)cc(Cl)cc21. The van der Waals surface area contributed by atoms with Crippen molar-refractivity contribution < 1.29 is 4.79 Å². The molecule has 1 N–H and O–H groups in total. The van der Waals surface area contributed by atoms with Crippen LogP contribution in [-0.4, -0.2) is 13.0 Å². The Bertz CT molecular complexity index is 480. The van der Waals surface area contributed by atoms with Gasteiger partial charge in [0.15, 0.2) is 0 Å². The third kappa shape index (κ3) is 2.08. The van der Waals surface area contributed by atoms with Gasteiger partial charge in [-0.3, -0.25) is 4.79 Å². The third-order valence-corrected chi connectivity index (χ3v) is 3.26. The van der Waals surface area contributed by atoms with Crippen LogP contribution in [0.3, 0.4) is 0 Å². The van der Waals surface area contributed by atoms with E-state index in [0.717, 1.165) is 29.5 Å². The molecular formula is C12H11Cl2NO. The Morgan fingerprint density at radius 3 is 2.81 bits per heavy atom. The third-order valence-electron chi connectivity index (χ3n) is 2.70. The van der Waals surface area contributed by atoms with Crippen molar-refractivity contribution in [3.8, 4) is 0 Å². The summed E-state index contributed by atoms with van der Waals surface area (Å²) in [7, 11) is 1.61. The number of hydrogen-bond donors (Lipinski definition) is 1. The molecule has 0 saturated carbocycles. The van der Waals surface area contributed by atoms with Gasteiger partial charge in [0.25, 0.3) is 0 Å². The van der Waals surface area contributed by atoms with Gasteiger partial charge in [0, 0.05) is 23.2 Å². The normalized spacial score (nSPS) is 16.3. The van der Waals surface area contributed by atoms with Gasteiger partial charge in [0.05, 0.1) is 0 Å². The van der Waals surface area contributed by atoms with Gasteiger partial charge in [0.2, 0.25) is 5.91 Å². The summed E-state index contributed by atoms with van der Waals surface area (Å²) in [5.74, 6) is -0.0982. The number of rotatable bonds is 1. The molecule has 1 aliphatic carbocycles. The molecule has 2 nitrogen and oxygen atoms in total. The Kier molecular flexibility index (Phi) is 3.22. The molecule has 1 aromatic carbocycles. The van der Waals surface area contributed by atoms with Crippen molar-refractivity contribution in [2.75, 3.05) is 7.05 Å². The molecule has 0 heterocycles. The first-order valence-corrected chi connectivity index (χ1v) is 5.78. The molecule has 0 fully saturated rings. The zero-order valence-electron chi connectivity index (χ0n) is 8.81. The number of allylic oxidation sites excluding steroid dienone is 1. The van der Waals surface area contributed by atoms with Crippen LogP contribution in [0.4, 0.5) is 0 Å². The van der Waals surface area contributed by atoms with Crippen LogP contribution in [0, 0.1) is 0 Å². The Morgan fingerprint density at radius 2 is 2.12 bits per heavy atom. The van der Waals surface area contributed by atoms with E-state index in [0.29, 0.717) is 10.0 Å². The van der Waals surface area contributed by atoms with Gasteiger partial charge >= 0.3 is 0 Å². The number of likely N-dealkylation sites (N-methyl/N-ethyl adjacent to an activating group) is 1. The number of fused-ring (bicyclic) bond motifs is 1. The molecule has 4 heteroatoms. The second kappa shape index (κ2) is 4.48. The van der Waals surface area contributed by atoms with Gasteiger partial charge in [-0.2, -0.15) is 0 Å². The summed E-state index contributed by atoms with van der Waals surface area (Å²) in [6.45, 7) is 0. The summed E-state index contributed by atoms with van der Waals surface area (Å²) < 4.78 is 0. The van der Waals surface area contributed by atoms with E-state index in [4.69, 9.17) is 23.2 Å². The fraction of sp³-hybridized carbons (Fsp3) is 0.250. The standard InChI is InChI=1S/C12H11Cl2NO/c1-15-12(16)4-7-2-3-9-10(7)5-8(13)6-11(9)14/h4-6H,2-3H2,1H3,(H,15,16). The highest BCUT2D eigenvalue weighted by molar-refractivity contribution is 6.35. The highest BCUT2D eigenvalue weighted by Crippen LogP contribution is 2.38. The lowest BCUT2D eigenvalue weighted by atomic mass is 10.1. The number of hydrogen-bond acceptors (Lipinski definition) is 1. The average molecular weight is 256 g/mol. The fourth-order valence-electron chi connectivity index (χ4n) is 1.92. The summed E-state index contributed by atoms with van der Waals surface area (Å²) in [6.07, 6.45) is 3.31. The molecule has 0 atom stereocenters. The monoisotopic (exact) mass is 255 g/mol. The lowest BCUT2D eigenvalue weighted by Crippen LogP contribution is -2.14. The molecule has 1 amide bonds. The van der Waals surface area contributed by atoms with Crippen molar-refractivity contribution in [1.29, 1.82) is 0 Å². The Labute approximate surface area is 104 Å². The maximum atomic E-state index is 11.3. The first kappa shape index (κ1) is 11.5. The van der Waals surface area contributed by atoms with Gasteiger partial charge in [-0.05, 0) is 41.7 Å². The van der Waals surface area contributed by atoms with E-state index in [9.17, 15) is 4.79 Å². The molecule has 16 heavy (non-hydrogen) atoms. The van der Waals surface area contributed by atoms with E-state index in [-0.39, 0.29) is 5.91 Å². The number of nitrogens with one attached hydrogen (secondary N) is 1. The Hall–Kier alpha value is -0.990. The van der Waals surface area contributed by atoms with Crippen LogP contribution in [0.1, 0.15) is 17.5 Å². The van der Waals surface area contributed by atoms with Crippen molar-refractivity contribution in [1.82, 2.24) is 5.32 Å². The summed E-state index contributed by atoms with van der Waals surface area (Å²) >= 11 is 12.1. The summed E-state index contributed by atoms with van der Waals surface area (Å²) in [5, 5.41) is 3.86. The van der Waals surface area contributed by atoms with Crippen LogP contribution in [0.2, 0.25) is 10.0 Å². The molecule has 0 bridgehead atoms. The molecule has 0 saturated heterocycles. The zero-order valence-corrected chi connectivity index (χ0v) is 10.3. The molecule has 1 aromatic rings. The summed E-state index contributed by atoms with van der Waals surface area (Å²) in [4.78, 5) is 11.3. The van der Waals surface area contributed by atoms with Gasteiger partial charge in [-0.1, -0.05) is 23.2 Å². The highest BCUT2D eigenvalue weighted by atomic mass is 35.5. The minimum Gasteiger partial charge on any atom is -0.356 e. The van der Waals surface area contributed by atoms with Crippen molar-refractivity contribution in [2.45, 2.75) is 12.8 Å². The number of carbonyl (C=O) groups excluding carboxylic acids is 1. The van der Waals surface area contributed by atoms with Gasteiger partial charge in [-0.25, -0.2) is 0 Å². The quantitative estimate of drug-likeness (QED) is 0.768. The molecule has 0 radical (unpaired) electrons. The number of carbonyl (C=O) groups is 1. The average Bonchev–Trinajstić information content (AvgIpc) is 2.61. The number of amides is 1. The summed E-state index contributed by atoms with van der Waals surface area (Å²) in [6, 6.07) is 3.61. The van der Waals surface area contributed by atoms with Crippen LogP contribution in [0.15, 0.2) is 18.2 Å². The smallest absolute Gasteiger partial charge is 0.244 e. The molecule has 2 rings (SSSR count). The Morgan fingerprint density at radius 1 is 1.38 bits per heavy atom. The lowest BCUT2D eigenvalue weighted by molar-refractivity contribution is -0.116. The lowest BCUT2D eigenvalue weighted by Gasteiger charge is -2.04. The van der Waals surface area contributed by atoms with Crippen molar-refractivity contribution in [3.63, 3.8) is 0 Å². The number of benzene rings is 1. The Balaban J connectivity index is 2.47. The molecule has 0 aliphatic heterocycles. The van der Waals surface area contributed by atoms with Crippen molar-refractivity contribution in [2.24, 2.45) is 0 Å². The van der Waals surface area contributed by atoms with Gasteiger partial charge in [-0.15, -0.1) is 0 Å². The van der Waals surface area contributed by atoms with Gasteiger partial charge < -0.3 is 5.32 Å². The van der Waals surface area contributed by atoms with Crippen LogP contribution < -0.4 is 5.32 Å². The van der Waals surface area contributed by atoms with Crippen LogP contribution >= 0.6 is 23.2 Å². The van der Waals surface area contributed by atoms with Crippen LogP contribution in [0.5, 0.6) is 0 Å². The maximum absolute atomic E-state index is 11.3.